The Morgan fingerprint density at radius 1 is 0.857 bits per heavy atom. The molecule has 28 heavy (non-hydrogen) atoms. The molecule has 0 aliphatic heterocycles. The Labute approximate surface area is 166 Å². The normalized spacial score (nSPS) is 15.1. The molecule has 1 aliphatic carbocycles. The third-order valence-corrected chi connectivity index (χ3v) is 4.85. The highest BCUT2D eigenvalue weighted by molar-refractivity contribution is 5.91. The molecule has 3 rings (SSSR count). The van der Waals surface area contributed by atoms with Crippen molar-refractivity contribution in [3.63, 3.8) is 0 Å². The molecule has 1 saturated carbocycles. The van der Waals surface area contributed by atoms with Crippen LogP contribution in [0.2, 0.25) is 0 Å². The topological polar surface area (TPSA) is 64.6 Å². The maximum absolute atomic E-state index is 12.3. The largest absolute Gasteiger partial charge is 0.457 e. The minimum absolute atomic E-state index is 0.189. The van der Waals surface area contributed by atoms with Gasteiger partial charge in [-0.25, -0.2) is 4.79 Å². The predicted octanol–water partition coefficient (Wildman–Crippen LogP) is 4.86. The molecule has 1 aliphatic rings. The lowest BCUT2D eigenvalue weighted by molar-refractivity contribution is -0.125. The number of para-hydroxylation sites is 1. The number of rotatable bonds is 6. The second-order valence-electron chi connectivity index (χ2n) is 7.13. The first-order valence-corrected chi connectivity index (χ1v) is 10.0. The second kappa shape index (κ2) is 10.5. The van der Waals surface area contributed by atoms with Crippen LogP contribution in [0.4, 0.5) is 0 Å². The van der Waals surface area contributed by atoms with Crippen molar-refractivity contribution >= 4 is 11.9 Å². The highest BCUT2D eigenvalue weighted by Crippen LogP contribution is 2.22. The highest BCUT2D eigenvalue weighted by Gasteiger charge is 2.16. The van der Waals surface area contributed by atoms with E-state index in [0.717, 1.165) is 25.7 Å². The Bertz CT molecular complexity index is 767. The Morgan fingerprint density at radius 2 is 1.54 bits per heavy atom. The zero-order chi connectivity index (χ0) is 19.6. The molecule has 1 N–H and O–H groups in total. The fourth-order valence-corrected chi connectivity index (χ4v) is 3.40. The van der Waals surface area contributed by atoms with Gasteiger partial charge in [0.2, 0.25) is 0 Å². The Morgan fingerprint density at radius 3 is 2.29 bits per heavy atom. The average molecular weight is 381 g/mol. The van der Waals surface area contributed by atoms with Crippen molar-refractivity contribution in [2.45, 2.75) is 51.0 Å². The number of carbonyl (C=O) groups is 2. The van der Waals surface area contributed by atoms with E-state index in [2.05, 4.69) is 5.32 Å². The minimum Gasteiger partial charge on any atom is -0.457 e. The molecule has 5 heteroatoms. The van der Waals surface area contributed by atoms with Crippen LogP contribution in [-0.4, -0.2) is 24.5 Å². The third kappa shape index (κ3) is 6.41. The summed E-state index contributed by atoms with van der Waals surface area (Å²) < 4.78 is 10.9. The first kappa shape index (κ1) is 19.9. The fraction of sp³-hybridized carbons (Fsp3) is 0.391. The van der Waals surface area contributed by atoms with E-state index in [9.17, 15) is 9.59 Å². The maximum atomic E-state index is 12.3. The van der Waals surface area contributed by atoms with Crippen molar-refractivity contribution in [1.29, 1.82) is 0 Å². The van der Waals surface area contributed by atoms with Gasteiger partial charge in [0.25, 0.3) is 5.91 Å². The van der Waals surface area contributed by atoms with Gasteiger partial charge in [-0.05, 0) is 43.2 Å². The molecule has 0 spiro atoms. The van der Waals surface area contributed by atoms with Crippen LogP contribution >= 0.6 is 0 Å². The Balaban J connectivity index is 1.48. The number of esters is 1. The van der Waals surface area contributed by atoms with Gasteiger partial charge in [0, 0.05) is 6.04 Å². The Kier molecular flexibility index (Phi) is 7.47. The van der Waals surface area contributed by atoms with Crippen LogP contribution in [0.15, 0.2) is 54.6 Å². The third-order valence-electron chi connectivity index (χ3n) is 4.85. The van der Waals surface area contributed by atoms with Gasteiger partial charge < -0.3 is 14.8 Å². The van der Waals surface area contributed by atoms with Crippen molar-refractivity contribution in [3.8, 4) is 11.5 Å². The fourth-order valence-electron chi connectivity index (χ4n) is 3.40. The van der Waals surface area contributed by atoms with Crippen LogP contribution in [0.25, 0.3) is 0 Å². The molecule has 0 saturated heterocycles. The van der Waals surface area contributed by atoms with Gasteiger partial charge in [-0.2, -0.15) is 0 Å². The summed E-state index contributed by atoms with van der Waals surface area (Å²) in [5.41, 5.74) is 0.354. The average Bonchev–Trinajstić information content (AvgIpc) is 2.69. The molecule has 0 heterocycles. The lowest BCUT2D eigenvalue weighted by Gasteiger charge is -2.20. The van der Waals surface area contributed by atoms with E-state index in [1.807, 2.05) is 30.3 Å². The summed E-state index contributed by atoms with van der Waals surface area (Å²) in [6, 6.07) is 16.3. The van der Waals surface area contributed by atoms with Gasteiger partial charge >= 0.3 is 5.97 Å². The van der Waals surface area contributed by atoms with E-state index in [0.29, 0.717) is 17.1 Å². The van der Waals surface area contributed by atoms with Crippen LogP contribution in [0.1, 0.15) is 55.3 Å². The van der Waals surface area contributed by atoms with E-state index in [1.165, 1.54) is 19.3 Å². The standard InChI is InChI=1S/C23H27NO4/c25-22(24-19-11-5-2-1-3-6-12-19)17-27-23(26)18-10-9-15-21(16-18)28-20-13-7-4-8-14-20/h4,7-10,13-16,19H,1-3,5-6,11-12,17H2,(H,24,25). The molecule has 0 aromatic heterocycles. The smallest absolute Gasteiger partial charge is 0.338 e. The van der Waals surface area contributed by atoms with E-state index in [1.54, 1.807) is 24.3 Å². The molecule has 2 aromatic rings. The zero-order valence-corrected chi connectivity index (χ0v) is 16.1. The highest BCUT2D eigenvalue weighted by atomic mass is 16.5. The van der Waals surface area contributed by atoms with Crippen LogP contribution < -0.4 is 10.1 Å². The summed E-state index contributed by atoms with van der Waals surface area (Å²) in [6.07, 6.45) is 8.01. The number of amides is 1. The van der Waals surface area contributed by atoms with Crippen molar-refractivity contribution in [1.82, 2.24) is 5.32 Å². The van der Waals surface area contributed by atoms with Gasteiger partial charge in [-0.15, -0.1) is 0 Å². The van der Waals surface area contributed by atoms with Crippen molar-refractivity contribution in [2.24, 2.45) is 0 Å². The predicted molar refractivity (Wildman–Crippen MR) is 107 cm³/mol. The van der Waals surface area contributed by atoms with E-state index in [4.69, 9.17) is 9.47 Å². The summed E-state index contributed by atoms with van der Waals surface area (Å²) >= 11 is 0. The number of hydrogen-bond donors (Lipinski definition) is 1. The quantitative estimate of drug-likeness (QED) is 0.726. The van der Waals surface area contributed by atoms with E-state index in [-0.39, 0.29) is 18.6 Å². The molecule has 0 radical (unpaired) electrons. The summed E-state index contributed by atoms with van der Waals surface area (Å²) in [4.78, 5) is 24.4. The van der Waals surface area contributed by atoms with Crippen molar-refractivity contribution in [3.05, 3.63) is 60.2 Å². The minimum atomic E-state index is -0.536. The first-order valence-electron chi connectivity index (χ1n) is 10.0. The number of ether oxygens (including phenoxy) is 2. The SMILES string of the molecule is O=C(COC(=O)c1cccc(Oc2ccccc2)c1)NC1CCCCCCC1. The molecule has 5 nitrogen and oxygen atoms in total. The number of benzene rings is 2. The molecular formula is C23H27NO4. The van der Waals surface area contributed by atoms with Crippen LogP contribution in [-0.2, 0) is 9.53 Å². The van der Waals surface area contributed by atoms with Gasteiger partial charge in [0.15, 0.2) is 6.61 Å². The lowest BCUT2D eigenvalue weighted by atomic mass is 9.97. The van der Waals surface area contributed by atoms with E-state index < -0.39 is 5.97 Å². The molecule has 148 valence electrons. The summed E-state index contributed by atoms with van der Waals surface area (Å²) in [7, 11) is 0. The number of hydrogen-bond acceptors (Lipinski definition) is 4. The summed E-state index contributed by atoms with van der Waals surface area (Å²) in [6.45, 7) is -0.265. The van der Waals surface area contributed by atoms with Crippen molar-refractivity contribution in [2.75, 3.05) is 6.61 Å². The van der Waals surface area contributed by atoms with Crippen LogP contribution in [0, 0.1) is 0 Å². The maximum Gasteiger partial charge on any atom is 0.338 e. The summed E-state index contributed by atoms with van der Waals surface area (Å²) in [5.74, 6) is 0.452. The number of carbonyl (C=O) groups excluding carboxylic acids is 2. The number of nitrogens with one attached hydrogen (secondary N) is 1. The van der Waals surface area contributed by atoms with Crippen LogP contribution in [0.3, 0.4) is 0 Å². The molecule has 2 aromatic carbocycles. The van der Waals surface area contributed by atoms with Crippen molar-refractivity contribution < 1.29 is 19.1 Å². The lowest BCUT2D eigenvalue weighted by Crippen LogP contribution is -2.38. The van der Waals surface area contributed by atoms with Crippen LogP contribution in [0.5, 0.6) is 11.5 Å². The molecular weight excluding hydrogens is 354 g/mol. The second-order valence-corrected chi connectivity index (χ2v) is 7.13. The molecule has 0 unspecified atom stereocenters. The monoisotopic (exact) mass is 381 g/mol. The molecule has 0 bridgehead atoms. The van der Waals surface area contributed by atoms with Gasteiger partial charge in [-0.1, -0.05) is 56.4 Å². The molecule has 0 atom stereocenters. The molecule has 1 fully saturated rings. The Hall–Kier alpha value is -2.82. The van der Waals surface area contributed by atoms with Gasteiger partial charge in [0.1, 0.15) is 11.5 Å². The zero-order valence-electron chi connectivity index (χ0n) is 16.1. The van der Waals surface area contributed by atoms with E-state index >= 15 is 0 Å². The first-order chi connectivity index (χ1) is 13.7. The summed E-state index contributed by atoms with van der Waals surface area (Å²) in [5, 5.41) is 3.00. The van der Waals surface area contributed by atoms with Gasteiger partial charge in [0.05, 0.1) is 5.56 Å². The molecule has 1 amide bonds. The van der Waals surface area contributed by atoms with Gasteiger partial charge in [-0.3, -0.25) is 4.79 Å².